The van der Waals surface area contributed by atoms with Crippen LogP contribution in [0.3, 0.4) is 0 Å². The van der Waals surface area contributed by atoms with Crippen LogP contribution < -0.4 is 21.9 Å². The van der Waals surface area contributed by atoms with Crippen molar-refractivity contribution in [3.05, 3.63) is 20.8 Å². The van der Waals surface area contributed by atoms with Gasteiger partial charge in [-0.2, -0.15) is 4.98 Å². The molecule has 0 bridgehead atoms. The molecule has 2 aromatic rings. The second-order valence-electron chi connectivity index (χ2n) is 5.39. The number of imidazole rings is 1. The van der Waals surface area contributed by atoms with Crippen LogP contribution in [0.15, 0.2) is 9.59 Å². The molecular formula is C13H21N6O3+. The maximum atomic E-state index is 12.5. The van der Waals surface area contributed by atoms with Crippen molar-refractivity contribution in [2.75, 3.05) is 37.7 Å². The van der Waals surface area contributed by atoms with Crippen LogP contribution in [0.4, 0.5) is 5.95 Å². The van der Waals surface area contributed by atoms with Crippen molar-refractivity contribution < 1.29 is 10.5 Å². The molecule has 120 valence electrons. The van der Waals surface area contributed by atoms with Crippen LogP contribution >= 0.6 is 0 Å². The highest BCUT2D eigenvalue weighted by atomic mass is 16.5. The minimum Gasteiger partial charge on any atom is -0.378 e. The molecule has 3 rings (SSSR count). The van der Waals surface area contributed by atoms with Gasteiger partial charge in [0, 0.05) is 27.2 Å². The molecule has 0 saturated carbocycles. The molecule has 9 nitrogen and oxygen atoms in total. The van der Waals surface area contributed by atoms with Crippen LogP contribution in [0.2, 0.25) is 0 Å². The number of ether oxygens (including phenoxy) is 1. The Morgan fingerprint density at radius 2 is 1.86 bits per heavy atom. The summed E-state index contributed by atoms with van der Waals surface area (Å²) in [5.74, 6) is 0.709. The monoisotopic (exact) mass is 309 g/mol. The molecule has 1 saturated heterocycles. The molecule has 9 heteroatoms. The maximum Gasteiger partial charge on any atom is 0.332 e. The minimum atomic E-state index is -0.370. The van der Waals surface area contributed by atoms with Crippen LogP contribution in [0.25, 0.3) is 11.2 Å². The van der Waals surface area contributed by atoms with Crippen molar-refractivity contribution in [2.45, 2.75) is 6.54 Å². The van der Waals surface area contributed by atoms with Crippen LogP contribution in [-0.2, 0) is 25.4 Å². The van der Waals surface area contributed by atoms with E-state index in [2.05, 4.69) is 15.6 Å². The van der Waals surface area contributed by atoms with Gasteiger partial charge in [0.2, 0.25) is 5.95 Å². The van der Waals surface area contributed by atoms with E-state index in [4.69, 9.17) is 4.74 Å². The molecule has 1 fully saturated rings. The molecule has 0 aromatic carbocycles. The Balaban J connectivity index is 2.31. The lowest BCUT2D eigenvalue weighted by Crippen LogP contribution is -2.52. The van der Waals surface area contributed by atoms with Crippen molar-refractivity contribution in [1.29, 1.82) is 0 Å². The molecule has 0 unspecified atom stereocenters. The average Bonchev–Trinajstić information content (AvgIpc) is 2.92. The number of hydrogen-bond donors (Lipinski definition) is 1. The smallest absolute Gasteiger partial charge is 0.332 e. The molecular weight excluding hydrogens is 288 g/mol. The molecule has 0 amide bonds. The van der Waals surface area contributed by atoms with E-state index in [1.807, 2.05) is 4.57 Å². The highest BCUT2D eigenvalue weighted by Gasteiger charge is 2.23. The van der Waals surface area contributed by atoms with E-state index < -0.39 is 0 Å². The fourth-order valence-corrected chi connectivity index (χ4v) is 2.81. The van der Waals surface area contributed by atoms with E-state index in [0.717, 1.165) is 4.57 Å². The Morgan fingerprint density at radius 1 is 1.18 bits per heavy atom. The molecule has 0 aliphatic carbocycles. The van der Waals surface area contributed by atoms with Crippen molar-refractivity contribution in [2.24, 2.45) is 14.1 Å². The van der Waals surface area contributed by atoms with Crippen molar-refractivity contribution in [3.63, 3.8) is 0 Å². The van der Waals surface area contributed by atoms with Crippen LogP contribution in [-0.4, -0.2) is 51.5 Å². The van der Waals surface area contributed by atoms with E-state index in [9.17, 15) is 9.59 Å². The lowest BCUT2D eigenvalue weighted by Gasteiger charge is -2.28. The van der Waals surface area contributed by atoms with Gasteiger partial charge in [0.25, 0.3) is 5.56 Å². The third-order valence-corrected chi connectivity index (χ3v) is 4.00. The number of morpholine rings is 1. The summed E-state index contributed by atoms with van der Waals surface area (Å²) >= 11 is 0. The van der Waals surface area contributed by atoms with Crippen LogP contribution in [0.1, 0.15) is 0 Å². The van der Waals surface area contributed by atoms with E-state index in [0.29, 0.717) is 56.5 Å². The fourth-order valence-electron chi connectivity index (χ4n) is 2.81. The van der Waals surface area contributed by atoms with Crippen molar-refractivity contribution >= 4 is 17.1 Å². The summed E-state index contributed by atoms with van der Waals surface area (Å²) < 4.78 is 9.77. The predicted molar refractivity (Wildman–Crippen MR) is 81.0 cm³/mol. The summed E-state index contributed by atoms with van der Waals surface area (Å²) in [6, 6.07) is 0. The number of nitrogens with zero attached hydrogens (tertiary/aromatic N) is 5. The SMILES string of the molecule is Cn1c(=O)c2c(nc(N3CCOCC3)n2CC[NH3+])n(C)c1=O. The summed E-state index contributed by atoms with van der Waals surface area (Å²) in [5, 5.41) is 0. The van der Waals surface area contributed by atoms with E-state index in [1.165, 1.54) is 11.6 Å². The Morgan fingerprint density at radius 3 is 2.50 bits per heavy atom. The summed E-state index contributed by atoms with van der Waals surface area (Å²) in [5.41, 5.74) is 4.06. The quantitative estimate of drug-likeness (QED) is 0.676. The number of aryl methyl sites for hydroxylation is 1. The summed E-state index contributed by atoms with van der Waals surface area (Å²) in [4.78, 5) is 31.3. The Kier molecular flexibility index (Phi) is 3.75. The summed E-state index contributed by atoms with van der Waals surface area (Å²) in [7, 11) is 3.12. The first kappa shape index (κ1) is 14.8. The number of anilines is 1. The standard InChI is InChI=1S/C13H20N6O3/c1-16-10-9(11(20)17(2)13(16)21)19(4-3-14)12(15-10)18-5-7-22-8-6-18/h3-8,14H2,1-2H3/p+1. The third-order valence-electron chi connectivity index (χ3n) is 4.00. The first-order valence-corrected chi connectivity index (χ1v) is 7.34. The number of fused-ring (bicyclic) bond motifs is 1. The molecule has 0 radical (unpaired) electrons. The predicted octanol–water partition coefficient (Wildman–Crippen LogP) is -2.49. The van der Waals surface area contributed by atoms with Gasteiger partial charge in [-0.3, -0.25) is 18.5 Å². The molecule has 1 aliphatic rings. The zero-order valence-corrected chi connectivity index (χ0v) is 12.9. The Labute approximate surface area is 126 Å². The molecule has 1 aliphatic heterocycles. The number of aromatic nitrogens is 4. The van der Waals surface area contributed by atoms with Gasteiger partial charge in [0.05, 0.1) is 26.3 Å². The third kappa shape index (κ3) is 2.13. The Hall–Kier alpha value is -2.13. The second-order valence-corrected chi connectivity index (χ2v) is 5.39. The molecule has 0 atom stereocenters. The first-order chi connectivity index (χ1) is 10.6. The molecule has 2 aromatic heterocycles. The maximum absolute atomic E-state index is 12.5. The van der Waals surface area contributed by atoms with E-state index in [1.54, 1.807) is 7.05 Å². The largest absolute Gasteiger partial charge is 0.378 e. The highest BCUT2D eigenvalue weighted by molar-refractivity contribution is 5.74. The lowest BCUT2D eigenvalue weighted by molar-refractivity contribution is -0.369. The van der Waals surface area contributed by atoms with Crippen LogP contribution in [0.5, 0.6) is 0 Å². The zero-order valence-electron chi connectivity index (χ0n) is 12.9. The molecule has 22 heavy (non-hydrogen) atoms. The minimum absolute atomic E-state index is 0.321. The Bertz CT molecular complexity index is 812. The lowest BCUT2D eigenvalue weighted by atomic mass is 10.4. The normalized spacial score (nSPS) is 15.7. The summed E-state index contributed by atoms with van der Waals surface area (Å²) in [6.07, 6.45) is 0. The van der Waals surface area contributed by atoms with E-state index in [-0.39, 0.29) is 11.2 Å². The molecule has 0 spiro atoms. The van der Waals surface area contributed by atoms with Gasteiger partial charge in [0.1, 0.15) is 0 Å². The van der Waals surface area contributed by atoms with Gasteiger partial charge < -0.3 is 15.4 Å². The fraction of sp³-hybridized carbons (Fsp3) is 0.615. The van der Waals surface area contributed by atoms with Gasteiger partial charge in [-0.25, -0.2) is 4.79 Å². The summed E-state index contributed by atoms with van der Waals surface area (Å²) in [6.45, 7) is 3.91. The number of rotatable bonds is 3. The van der Waals surface area contributed by atoms with Crippen molar-refractivity contribution in [1.82, 2.24) is 18.7 Å². The van der Waals surface area contributed by atoms with Gasteiger partial charge in [-0.15, -0.1) is 0 Å². The topological polar surface area (TPSA) is 102 Å². The van der Waals surface area contributed by atoms with Crippen molar-refractivity contribution in [3.8, 4) is 0 Å². The zero-order chi connectivity index (χ0) is 15.9. The molecule has 3 N–H and O–H groups in total. The van der Waals surface area contributed by atoms with Gasteiger partial charge >= 0.3 is 5.69 Å². The van der Waals surface area contributed by atoms with Gasteiger partial charge in [-0.1, -0.05) is 0 Å². The van der Waals surface area contributed by atoms with Crippen LogP contribution in [0, 0.1) is 0 Å². The first-order valence-electron chi connectivity index (χ1n) is 7.34. The number of hydrogen-bond acceptors (Lipinski definition) is 5. The average molecular weight is 309 g/mol. The van der Waals surface area contributed by atoms with E-state index >= 15 is 0 Å². The molecule has 3 heterocycles. The second kappa shape index (κ2) is 5.58. The van der Waals surface area contributed by atoms with Gasteiger partial charge in [-0.05, 0) is 0 Å². The van der Waals surface area contributed by atoms with Gasteiger partial charge in [0.15, 0.2) is 11.2 Å². The number of quaternary nitrogens is 1. The highest BCUT2D eigenvalue weighted by Crippen LogP contribution is 2.20.